The highest BCUT2D eigenvalue weighted by Gasteiger charge is 2.38. The summed E-state index contributed by atoms with van der Waals surface area (Å²) in [5, 5.41) is 3.59. The van der Waals surface area contributed by atoms with Crippen LogP contribution in [0.2, 0.25) is 0 Å². The molecule has 0 radical (unpaired) electrons. The Labute approximate surface area is 179 Å². The van der Waals surface area contributed by atoms with Crippen LogP contribution in [0.15, 0.2) is 5.38 Å². The van der Waals surface area contributed by atoms with E-state index in [1.54, 1.807) is 6.92 Å². The number of hydrogen-bond acceptors (Lipinski definition) is 6. The van der Waals surface area contributed by atoms with Crippen molar-refractivity contribution in [2.45, 2.75) is 52.3 Å². The van der Waals surface area contributed by atoms with E-state index in [9.17, 15) is 9.59 Å². The Balaban J connectivity index is 1.96. The molecule has 0 bridgehead atoms. The van der Waals surface area contributed by atoms with Crippen LogP contribution >= 0.6 is 22.7 Å². The summed E-state index contributed by atoms with van der Waals surface area (Å²) in [5.41, 5.74) is 2.78. The molecule has 2 aromatic heterocycles. The largest absolute Gasteiger partial charge is 0.368 e. The third-order valence-electron chi connectivity index (χ3n) is 4.32. The van der Waals surface area contributed by atoms with Gasteiger partial charge in [-0.2, -0.15) is 0 Å². The number of nitrogens with two attached hydrogens (primary N) is 1. The Bertz CT molecular complexity index is 1120. The summed E-state index contributed by atoms with van der Waals surface area (Å²) in [7, 11) is 0. The summed E-state index contributed by atoms with van der Waals surface area (Å²) in [6.07, 6.45) is 0.614. The molecule has 7 nitrogen and oxygen atoms in total. The van der Waals surface area contributed by atoms with Crippen LogP contribution in [-0.4, -0.2) is 39.4 Å². The van der Waals surface area contributed by atoms with Crippen LogP contribution in [0.3, 0.4) is 0 Å². The molecule has 3 rings (SSSR count). The third-order valence-corrected chi connectivity index (χ3v) is 6.38. The van der Waals surface area contributed by atoms with Gasteiger partial charge in [0.1, 0.15) is 6.04 Å². The maximum Gasteiger partial charge on any atom is 0.324 e. The lowest BCUT2D eigenvalue weighted by molar-refractivity contribution is -0.122. The summed E-state index contributed by atoms with van der Waals surface area (Å²) < 4.78 is 70.7. The van der Waals surface area contributed by atoms with Gasteiger partial charge in [-0.15, -0.1) is 11.3 Å². The number of rotatable bonds is 3. The second-order valence-corrected chi connectivity index (χ2v) is 8.32. The summed E-state index contributed by atoms with van der Waals surface area (Å²) in [5.74, 6) is -0.701. The van der Waals surface area contributed by atoms with Crippen molar-refractivity contribution in [3.8, 4) is 10.6 Å². The van der Waals surface area contributed by atoms with Gasteiger partial charge >= 0.3 is 6.03 Å². The van der Waals surface area contributed by atoms with Crippen molar-refractivity contribution in [2.24, 2.45) is 11.7 Å². The van der Waals surface area contributed by atoms with Crippen LogP contribution in [0.4, 0.5) is 9.93 Å². The Kier molecular flexibility index (Phi) is 2.96. The smallest absolute Gasteiger partial charge is 0.324 e. The lowest BCUT2D eigenvalue weighted by Crippen LogP contribution is -2.47. The highest BCUT2D eigenvalue weighted by atomic mass is 32.1. The normalized spacial score (nSPS) is 26.4. The molecule has 9 heteroatoms. The van der Waals surface area contributed by atoms with Gasteiger partial charge in [0.2, 0.25) is 5.91 Å². The fourth-order valence-corrected chi connectivity index (χ4v) is 4.72. The Hall–Kier alpha value is -2.00. The lowest BCUT2D eigenvalue weighted by Gasteiger charge is -2.23. The molecule has 0 aromatic carbocycles. The van der Waals surface area contributed by atoms with Crippen LogP contribution in [0, 0.1) is 12.8 Å². The molecule has 1 fully saturated rings. The average molecular weight is 417 g/mol. The highest BCUT2D eigenvalue weighted by Crippen LogP contribution is 2.36. The number of amides is 3. The van der Waals surface area contributed by atoms with E-state index < -0.39 is 49.0 Å². The van der Waals surface area contributed by atoms with E-state index in [1.165, 1.54) is 10.3 Å². The summed E-state index contributed by atoms with van der Waals surface area (Å²) in [6.45, 7) is -6.46. The van der Waals surface area contributed by atoms with Gasteiger partial charge in [0.15, 0.2) is 5.13 Å². The average Bonchev–Trinajstić information content (AvgIpc) is 3.37. The number of urea groups is 1. The molecule has 0 spiro atoms. The predicted octanol–water partition coefficient (Wildman–Crippen LogP) is 3.60. The van der Waals surface area contributed by atoms with Gasteiger partial charge in [-0.3, -0.25) is 10.1 Å². The molecule has 0 aliphatic carbocycles. The number of primary amides is 1. The zero-order valence-electron chi connectivity index (χ0n) is 23.7. The maximum absolute atomic E-state index is 12.8. The maximum atomic E-state index is 12.8. The first-order valence-corrected chi connectivity index (χ1v) is 9.83. The fourth-order valence-electron chi connectivity index (χ4n) is 3.01. The summed E-state index contributed by atoms with van der Waals surface area (Å²) in [6, 6.07) is -1.31. The molecule has 1 aliphatic rings. The number of carbonyl (C=O) groups is 2. The van der Waals surface area contributed by atoms with E-state index in [0.29, 0.717) is 34.9 Å². The first kappa shape index (κ1) is 11.1. The zero-order chi connectivity index (χ0) is 27.4. The van der Waals surface area contributed by atoms with Crippen LogP contribution in [0.25, 0.3) is 10.6 Å². The number of nitrogens with one attached hydrogen (secondary N) is 1. The minimum absolute atomic E-state index is 0.0924. The molecule has 3 N–H and O–H groups in total. The van der Waals surface area contributed by atoms with Crippen LogP contribution < -0.4 is 11.1 Å². The van der Waals surface area contributed by atoms with Crippen LogP contribution in [0.1, 0.15) is 56.9 Å². The van der Waals surface area contributed by atoms with Crippen molar-refractivity contribution in [1.29, 1.82) is 0 Å². The van der Waals surface area contributed by atoms with Gasteiger partial charge in [0, 0.05) is 29.7 Å². The van der Waals surface area contributed by atoms with Crippen LogP contribution in [-0.2, 0) is 10.2 Å². The Morgan fingerprint density at radius 2 is 2.15 bits per heavy atom. The molecule has 1 aliphatic heterocycles. The number of hydrogen-bond donors (Lipinski definition) is 2. The van der Waals surface area contributed by atoms with Gasteiger partial charge in [-0.25, -0.2) is 14.8 Å². The first-order chi connectivity index (χ1) is 16.3. The van der Waals surface area contributed by atoms with Gasteiger partial charge in [-0.1, -0.05) is 38.8 Å². The molecule has 27 heavy (non-hydrogen) atoms. The van der Waals surface area contributed by atoms with Crippen molar-refractivity contribution < 1.29 is 21.9 Å². The highest BCUT2D eigenvalue weighted by molar-refractivity contribution is 7.19. The number of carbonyl (C=O) groups excluding carboxylic acids is 2. The molecule has 2 aromatic rings. The van der Waals surface area contributed by atoms with Crippen molar-refractivity contribution >= 4 is 39.7 Å². The Morgan fingerprint density at radius 3 is 2.81 bits per heavy atom. The van der Waals surface area contributed by atoms with E-state index in [4.69, 9.17) is 18.1 Å². The summed E-state index contributed by atoms with van der Waals surface area (Å²) >= 11 is 1.62. The van der Waals surface area contributed by atoms with E-state index in [0.717, 1.165) is 11.3 Å². The molecule has 3 amide bonds. The quantitative estimate of drug-likeness (QED) is 0.798. The van der Waals surface area contributed by atoms with Crippen molar-refractivity contribution in [3.05, 3.63) is 16.1 Å². The molecule has 146 valence electrons. The SMILES string of the molecule is [2H]C([2H])([2H])C(c1nc(-c2sc(NC(=O)N3CC[C@@H](C)[C@H]3C(N)=O)nc2C)cs1)(C([2H])([2H])[2H])C([2H])([2H])[2H]. The van der Waals surface area contributed by atoms with Gasteiger partial charge < -0.3 is 10.6 Å². The molecule has 0 unspecified atom stereocenters. The Morgan fingerprint density at radius 1 is 1.41 bits per heavy atom. The molecule has 2 atom stereocenters. The van der Waals surface area contributed by atoms with Crippen LogP contribution in [0.5, 0.6) is 0 Å². The molecular weight excluding hydrogens is 382 g/mol. The number of anilines is 1. The number of aryl methyl sites for hydroxylation is 1. The van der Waals surface area contributed by atoms with E-state index in [-0.39, 0.29) is 16.7 Å². The minimum Gasteiger partial charge on any atom is -0.368 e. The lowest BCUT2D eigenvalue weighted by atomic mass is 9.98. The third kappa shape index (κ3) is 3.98. The first-order valence-electron chi connectivity index (χ1n) is 12.6. The number of thiazole rings is 2. The number of aromatic nitrogens is 2. The van der Waals surface area contributed by atoms with Crippen molar-refractivity contribution in [2.75, 3.05) is 11.9 Å². The van der Waals surface area contributed by atoms with E-state index in [2.05, 4.69) is 15.3 Å². The van der Waals surface area contributed by atoms with Gasteiger partial charge in [0.25, 0.3) is 0 Å². The second kappa shape index (κ2) is 7.20. The molecular formula is C18H25N5O2S2. The molecule has 0 saturated carbocycles. The second-order valence-electron chi connectivity index (χ2n) is 6.46. The topological polar surface area (TPSA) is 101 Å². The number of likely N-dealkylation sites (tertiary alicyclic amines) is 1. The van der Waals surface area contributed by atoms with E-state index in [1.807, 2.05) is 6.92 Å². The summed E-state index contributed by atoms with van der Waals surface area (Å²) in [4.78, 5) is 34.7. The fraction of sp³-hybridized carbons (Fsp3) is 0.556. The molecule has 1 saturated heterocycles. The van der Waals surface area contributed by atoms with Gasteiger partial charge in [0.05, 0.1) is 21.3 Å². The standard InChI is InChI=1S/C18H25N5O2S2/c1-9-6-7-23(12(9)14(19)24)17(25)22-16-20-10(2)13(27-16)11-8-26-15(21-11)18(3,4)5/h8-9,12H,6-7H2,1-5H3,(H2,19,24)(H,20,22,25)/t9-,12+/m1/s1/i3D3,4D3,5D3. The van der Waals surface area contributed by atoms with E-state index >= 15 is 0 Å². The van der Waals surface area contributed by atoms with Crippen molar-refractivity contribution in [1.82, 2.24) is 14.9 Å². The van der Waals surface area contributed by atoms with Gasteiger partial charge in [-0.05, 0) is 19.3 Å². The predicted molar refractivity (Wildman–Crippen MR) is 109 cm³/mol. The van der Waals surface area contributed by atoms with Crippen molar-refractivity contribution in [3.63, 3.8) is 0 Å². The number of nitrogens with zero attached hydrogens (tertiary/aromatic N) is 3. The molecule has 3 heterocycles. The minimum atomic E-state index is -3.41. The monoisotopic (exact) mass is 416 g/mol. The zero-order valence-corrected chi connectivity index (χ0v) is 16.3.